The van der Waals surface area contributed by atoms with Crippen LogP contribution in [0.5, 0.6) is 0 Å². The van der Waals surface area contributed by atoms with E-state index >= 15 is 0 Å². The Balaban J connectivity index is 0. The molecule has 0 spiro atoms. The van der Waals surface area contributed by atoms with Crippen molar-refractivity contribution in [3.63, 3.8) is 0 Å². The molecule has 3 heteroatoms. The Kier molecular flexibility index (Phi) is 6.61. The molecular weight excluding hydrogens is 147 g/mol. The molecule has 0 aromatic heterocycles. The van der Waals surface area contributed by atoms with Gasteiger partial charge >= 0.3 is 24.8 Å². The van der Waals surface area contributed by atoms with E-state index in [1.165, 1.54) is 19.3 Å². The van der Waals surface area contributed by atoms with Gasteiger partial charge in [0.25, 0.3) is 0 Å². The number of carboxylic acid groups (broad SMARTS) is 1. The van der Waals surface area contributed by atoms with Crippen LogP contribution in [0.2, 0.25) is 0 Å². The molecular formula is C9H17LiO2. The average molecular weight is 164 g/mol. The maximum absolute atomic E-state index is 10.6. The standard InChI is InChI=1S/C9H16O2.Li.H/c10-9(11)8-6-4-2-1-3-5-7-8;;/h8H,1-7H2,(H,10,11);;/q;+1;-1. The summed E-state index contributed by atoms with van der Waals surface area (Å²) in [4.78, 5) is 10.6. The summed E-state index contributed by atoms with van der Waals surface area (Å²) in [6.07, 6.45) is 7.76. The minimum absolute atomic E-state index is 0. The van der Waals surface area contributed by atoms with Crippen molar-refractivity contribution in [1.29, 1.82) is 0 Å². The first-order valence-corrected chi connectivity index (χ1v) is 4.53. The molecule has 0 aromatic carbocycles. The average Bonchev–Trinajstić information content (AvgIpc) is 1.84. The van der Waals surface area contributed by atoms with Crippen LogP contribution < -0.4 is 18.9 Å². The van der Waals surface area contributed by atoms with Gasteiger partial charge in [0.05, 0.1) is 5.92 Å². The van der Waals surface area contributed by atoms with Gasteiger partial charge in [-0.3, -0.25) is 4.79 Å². The second-order valence-electron chi connectivity index (χ2n) is 3.38. The fourth-order valence-electron chi connectivity index (χ4n) is 1.70. The second-order valence-corrected chi connectivity index (χ2v) is 3.38. The summed E-state index contributed by atoms with van der Waals surface area (Å²) in [5.74, 6) is -0.637. The molecule has 66 valence electrons. The van der Waals surface area contributed by atoms with Gasteiger partial charge in [-0.25, -0.2) is 0 Å². The van der Waals surface area contributed by atoms with Gasteiger partial charge in [-0.1, -0.05) is 32.1 Å². The van der Waals surface area contributed by atoms with Gasteiger partial charge in [0.15, 0.2) is 0 Å². The molecule has 0 saturated heterocycles. The molecule has 0 amide bonds. The molecule has 0 aliphatic heterocycles. The van der Waals surface area contributed by atoms with Crippen molar-refractivity contribution in [3.8, 4) is 0 Å². The zero-order valence-electron chi connectivity index (χ0n) is 8.88. The van der Waals surface area contributed by atoms with E-state index in [1.54, 1.807) is 0 Å². The zero-order chi connectivity index (χ0) is 8.10. The molecule has 0 unspecified atom stereocenters. The van der Waals surface area contributed by atoms with Gasteiger partial charge in [0.1, 0.15) is 0 Å². The third-order valence-corrected chi connectivity index (χ3v) is 2.45. The maximum atomic E-state index is 10.6. The van der Waals surface area contributed by atoms with Gasteiger partial charge in [-0.15, -0.1) is 0 Å². The number of rotatable bonds is 1. The number of hydrogen-bond acceptors (Lipinski definition) is 1. The molecule has 1 aliphatic rings. The monoisotopic (exact) mass is 164 g/mol. The van der Waals surface area contributed by atoms with Crippen LogP contribution in [0.1, 0.15) is 46.4 Å². The van der Waals surface area contributed by atoms with Crippen LogP contribution in [0.25, 0.3) is 0 Å². The van der Waals surface area contributed by atoms with Crippen molar-refractivity contribution in [2.75, 3.05) is 0 Å². The molecule has 0 aromatic rings. The van der Waals surface area contributed by atoms with Crippen LogP contribution in [-0.4, -0.2) is 11.1 Å². The summed E-state index contributed by atoms with van der Waals surface area (Å²) in [5, 5.41) is 8.76. The molecule has 0 radical (unpaired) electrons. The zero-order valence-corrected chi connectivity index (χ0v) is 7.88. The van der Waals surface area contributed by atoms with E-state index in [-0.39, 0.29) is 26.2 Å². The van der Waals surface area contributed by atoms with Crippen LogP contribution in [0.15, 0.2) is 0 Å². The molecule has 0 bridgehead atoms. The fraction of sp³-hybridized carbons (Fsp3) is 0.889. The van der Waals surface area contributed by atoms with Gasteiger partial charge in [-0.2, -0.15) is 0 Å². The van der Waals surface area contributed by atoms with E-state index in [0.717, 1.165) is 25.7 Å². The Morgan fingerprint density at radius 2 is 1.50 bits per heavy atom. The molecule has 0 heterocycles. The summed E-state index contributed by atoms with van der Waals surface area (Å²) < 4.78 is 0. The normalized spacial score (nSPS) is 20.3. The Hall–Kier alpha value is 0.0674. The summed E-state index contributed by atoms with van der Waals surface area (Å²) in [7, 11) is 0. The van der Waals surface area contributed by atoms with E-state index < -0.39 is 5.97 Å². The summed E-state index contributed by atoms with van der Waals surface area (Å²) in [6.45, 7) is 0. The molecule has 0 atom stereocenters. The minimum atomic E-state index is -0.591. The van der Waals surface area contributed by atoms with Gasteiger partial charge in [0, 0.05) is 0 Å². The molecule has 1 aliphatic carbocycles. The van der Waals surface area contributed by atoms with E-state index in [2.05, 4.69) is 0 Å². The quantitative estimate of drug-likeness (QED) is 0.533. The van der Waals surface area contributed by atoms with Gasteiger partial charge in [-0.05, 0) is 12.8 Å². The van der Waals surface area contributed by atoms with Crippen molar-refractivity contribution >= 4 is 5.97 Å². The Bertz CT molecular complexity index is 134. The molecule has 1 saturated carbocycles. The largest absolute Gasteiger partial charge is 1.00 e. The first-order chi connectivity index (χ1) is 5.30. The van der Waals surface area contributed by atoms with E-state index in [0.29, 0.717) is 0 Å². The number of carboxylic acids is 1. The van der Waals surface area contributed by atoms with Crippen LogP contribution in [0.3, 0.4) is 0 Å². The maximum Gasteiger partial charge on any atom is 1.00 e. The third kappa shape index (κ3) is 4.18. The molecule has 2 nitrogen and oxygen atoms in total. The van der Waals surface area contributed by atoms with Gasteiger partial charge < -0.3 is 6.53 Å². The SMILES string of the molecule is O=C(O)C1CCCCCCC1.[H-].[Li+]. The van der Waals surface area contributed by atoms with Crippen LogP contribution in [0, 0.1) is 5.92 Å². The topological polar surface area (TPSA) is 37.3 Å². The summed E-state index contributed by atoms with van der Waals surface area (Å²) >= 11 is 0. The molecule has 1 rings (SSSR count). The van der Waals surface area contributed by atoms with Crippen molar-refractivity contribution in [2.45, 2.75) is 44.9 Å². The third-order valence-electron chi connectivity index (χ3n) is 2.45. The summed E-state index contributed by atoms with van der Waals surface area (Å²) in [5.41, 5.74) is 0. The molecule has 1 fully saturated rings. The first kappa shape index (κ1) is 12.1. The van der Waals surface area contributed by atoms with Crippen molar-refractivity contribution in [1.82, 2.24) is 0 Å². The van der Waals surface area contributed by atoms with Crippen molar-refractivity contribution in [3.05, 3.63) is 0 Å². The Labute approximate surface area is 87.4 Å². The van der Waals surface area contributed by atoms with Crippen LogP contribution >= 0.6 is 0 Å². The van der Waals surface area contributed by atoms with Crippen LogP contribution in [0.4, 0.5) is 0 Å². The number of aliphatic carboxylic acids is 1. The first-order valence-electron chi connectivity index (χ1n) is 4.53. The molecule has 1 N–H and O–H groups in total. The predicted molar refractivity (Wildman–Crippen MR) is 44.6 cm³/mol. The van der Waals surface area contributed by atoms with Crippen molar-refractivity contribution < 1.29 is 30.2 Å². The van der Waals surface area contributed by atoms with E-state index in [1.807, 2.05) is 0 Å². The van der Waals surface area contributed by atoms with Crippen LogP contribution in [-0.2, 0) is 4.79 Å². The van der Waals surface area contributed by atoms with E-state index in [4.69, 9.17) is 5.11 Å². The second kappa shape index (κ2) is 6.57. The fourth-order valence-corrected chi connectivity index (χ4v) is 1.70. The predicted octanol–water partition coefficient (Wildman–Crippen LogP) is -0.452. The molecule has 12 heavy (non-hydrogen) atoms. The van der Waals surface area contributed by atoms with Crippen molar-refractivity contribution in [2.24, 2.45) is 5.92 Å². The van der Waals surface area contributed by atoms with E-state index in [9.17, 15) is 4.79 Å². The Morgan fingerprint density at radius 1 is 1.08 bits per heavy atom. The minimum Gasteiger partial charge on any atom is -1.00 e. The smallest absolute Gasteiger partial charge is 1.00 e. The summed E-state index contributed by atoms with van der Waals surface area (Å²) in [6, 6.07) is 0. The number of carbonyl (C=O) groups is 1. The Morgan fingerprint density at radius 3 is 1.92 bits per heavy atom. The number of hydrogen-bond donors (Lipinski definition) is 1. The van der Waals surface area contributed by atoms with Gasteiger partial charge in [0.2, 0.25) is 0 Å².